The van der Waals surface area contributed by atoms with Crippen molar-refractivity contribution in [2.24, 2.45) is 16.7 Å². The van der Waals surface area contributed by atoms with Gasteiger partial charge in [0.05, 0.1) is 6.10 Å². The summed E-state index contributed by atoms with van der Waals surface area (Å²) in [6.45, 7) is 10.3. The second kappa shape index (κ2) is 4.55. The van der Waals surface area contributed by atoms with E-state index in [0.717, 1.165) is 25.3 Å². The lowest BCUT2D eigenvalue weighted by Crippen LogP contribution is -2.50. The third-order valence-electron chi connectivity index (χ3n) is 5.42. The molecule has 100 valence electrons. The van der Waals surface area contributed by atoms with Gasteiger partial charge in [0.2, 0.25) is 0 Å². The smallest absolute Gasteiger partial charge is 0.0512 e. The maximum Gasteiger partial charge on any atom is 0.0512 e. The van der Waals surface area contributed by atoms with Gasteiger partial charge in [-0.05, 0) is 62.3 Å². The molecule has 2 bridgehead atoms. The van der Waals surface area contributed by atoms with Crippen LogP contribution in [0.15, 0.2) is 0 Å². The van der Waals surface area contributed by atoms with Crippen LogP contribution in [-0.2, 0) is 0 Å². The zero-order valence-electron chi connectivity index (χ0n) is 11.9. The first-order valence-electron chi connectivity index (χ1n) is 7.28. The zero-order chi connectivity index (χ0) is 12.7. The summed E-state index contributed by atoms with van der Waals surface area (Å²) in [7, 11) is 0. The molecule has 2 fully saturated rings. The maximum atomic E-state index is 9.28. The molecule has 0 aromatic carbocycles. The van der Waals surface area contributed by atoms with Crippen molar-refractivity contribution in [2.75, 3.05) is 6.54 Å². The minimum atomic E-state index is -0.152. The minimum absolute atomic E-state index is 0.152. The summed E-state index contributed by atoms with van der Waals surface area (Å²) < 4.78 is 0. The van der Waals surface area contributed by atoms with E-state index in [1.165, 1.54) is 19.3 Å². The van der Waals surface area contributed by atoms with Crippen LogP contribution in [0.3, 0.4) is 0 Å². The summed E-state index contributed by atoms with van der Waals surface area (Å²) in [6, 6.07) is 0.669. The summed E-state index contributed by atoms with van der Waals surface area (Å²) in [5.74, 6) is 0.918. The first kappa shape index (κ1) is 13.4. The van der Waals surface area contributed by atoms with Gasteiger partial charge in [0.1, 0.15) is 0 Å². The van der Waals surface area contributed by atoms with Crippen molar-refractivity contribution >= 4 is 0 Å². The van der Waals surface area contributed by atoms with Crippen molar-refractivity contribution in [3.63, 3.8) is 0 Å². The van der Waals surface area contributed by atoms with Crippen LogP contribution >= 0.6 is 0 Å². The Balaban J connectivity index is 1.87. The van der Waals surface area contributed by atoms with Crippen molar-refractivity contribution in [2.45, 2.75) is 71.9 Å². The number of hydrogen-bond acceptors (Lipinski definition) is 2. The molecule has 0 radical (unpaired) electrons. The van der Waals surface area contributed by atoms with E-state index in [9.17, 15) is 5.11 Å². The van der Waals surface area contributed by atoms with Crippen molar-refractivity contribution in [1.29, 1.82) is 0 Å². The second-order valence-corrected chi connectivity index (χ2v) is 7.29. The molecule has 2 nitrogen and oxygen atoms in total. The van der Waals surface area contributed by atoms with Crippen molar-refractivity contribution in [3.05, 3.63) is 0 Å². The monoisotopic (exact) mass is 239 g/mol. The Bertz CT molecular complexity index is 269. The average Bonchev–Trinajstić information content (AvgIpc) is 2.67. The SMILES string of the molecule is CC(O)CCCNC1C(C)(C)[C@H]2CC[C@]1(C)C2. The van der Waals surface area contributed by atoms with E-state index in [0.29, 0.717) is 16.9 Å². The van der Waals surface area contributed by atoms with Crippen LogP contribution in [0.4, 0.5) is 0 Å². The minimum Gasteiger partial charge on any atom is -0.393 e. The molecule has 0 aromatic rings. The van der Waals surface area contributed by atoms with Gasteiger partial charge >= 0.3 is 0 Å². The van der Waals surface area contributed by atoms with Crippen molar-refractivity contribution in [3.8, 4) is 0 Å². The Morgan fingerprint density at radius 2 is 2.06 bits per heavy atom. The average molecular weight is 239 g/mol. The highest BCUT2D eigenvalue weighted by Crippen LogP contribution is 2.62. The molecule has 0 saturated heterocycles. The molecular weight excluding hydrogens is 210 g/mol. The predicted octanol–water partition coefficient (Wildman–Crippen LogP) is 2.95. The standard InChI is InChI=1S/C15H29NO/c1-11(17)6-5-9-16-13-14(2,3)12-7-8-15(13,4)10-12/h11-13,16-17H,5-10H2,1-4H3/t11?,12-,13?,15+/m0/s1. The normalized spacial score (nSPS) is 40.8. The molecule has 2 heteroatoms. The lowest BCUT2D eigenvalue weighted by atomic mass is 9.68. The highest BCUT2D eigenvalue weighted by molar-refractivity contribution is 5.11. The molecule has 2 aliphatic rings. The Hall–Kier alpha value is -0.0800. The van der Waals surface area contributed by atoms with E-state index in [1.54, 1.807) is 0 Å². The van der Waals surface area contributed by atoms with Gasteiger partial charge in [0, 0.05) is 6.04 Å². The third kappa shape index (κ3) is 2.39. The van der Waals surface area contributed by atoms with E-state index in [2.05, 4.69) is 26.1 Å². The van der Waals surface area contributed by atoms with Gasteiger partial charge in [-0.1, -0.05) is 20.8 Å². The molecule has 4 atom stereocenters. The molecule has 2 aliphatic carbocycles. The highest BCUT2D eigenvalue weighted by atomic mass is 16.3. The van der Waals surface area contributed by atoms with Crippen LogP contribution in [0, 0.1) is 16.7 Å². The quantitative estimate of drug-likeness (QED) is 0.723. The lowest BCUT2D eigenvalue weighted by Gasteiger charge is -2.43. The van der Waals surface area contributed by atoms with E-state index < -0.39 is 0 Å². The summed E-state index contributed by atoms with van der Waals surface area (Å²) in [6.07, 6.45) is 6.09. The Morgan fingerprint density at radius 1 is 1.35 bits per heavy atom. The van der Waals surface area contributed by atoms with Gasteiger partial charge in [-0.2, -0.15) is 0 Å². The summed E-state index contributed by atoms with van der Waals surface area (Å²) in [5, 5.41) is 13.1. The molecule has 0 amide bonds. The first-order valence-corrected chi connectivity index (χ1v) is 7.28. The lowest BCUT2D eigenvalue weighted by molar-refractivity contribution is 0.107. The van der Waals surface area contributed by atoms with Gasteiger partial charge < -0.3 is 10.4 Å². The maximum absolute atomic E-state index is 9.28. The molecule has 2 saturated carbocycles. The molecule has 17 heavy (non-hydrogen) atoms. The summed E-state index contributed by atoms with van der Waals surface area (Å²) in [4.78, 5) is 0. The predicted molar refractivity (Wildman–Crippen MR) is 71.9 cm³/mol. The molecule has 0 aromatic heterocycles. The fourth-order valence-corrected chi connectivity index (χ4v) is 4.46. The summed E-state index contributed by atoms with van der Waals surface area (Å²) in [5.41, 5.74) is 0.983. The molecule has 0 spiro atoms. The van der Waals surface area contributed by atoms with E-state index in [-0.39, 0.29) is 6.10 Å². The Labute approximate surface area is 106 Å². The Kier molecular flexibility index (Phi) is 3.57. The third-order valence-corrected chi connectivity index (χ3v) is 5.42. The van der Waals surface area contributed by atoms with Crippen molar-refractivity contribution < 1.29 is 5.11 Å². The van der Waals surface area contributed by atoms with Crippen LogP contribution in [-0.4, -0.2) is 23.8 Å². The fraction of sp³-hybridized carbons (Fsp3) is 1.00. The van der Waals surface area contributed by atoms with Gasteiger partial charge in [-0.3, -0.25) is 0 Å². The number of aliphatic hydroxyl groups is 1. The second-order valence-electron chi connectivity index (χ2n) is 7.29. The fourth-order valence-electron chi connectivity index (χ4n) is 4.46. The molecule has 0 heterocycles. The number of rotatable bonds is 5. The number of fused-ring (bicyclic) bond motifs is 2. The van der Waals surface area contributed by atoms with Crippen LogP contribution in [0.25, 0.3) is 0 Å². The summed E-state index contributed by atoms with van der Waals surface area (Å²) >= 11 is 0. The molecular formula is C15H29NO. The molecule has 2 unspecified atom stereocenters. The Morgan fingerprint density at radius 3 is 2.59 bits per heavy atom. The van der Waals surface area contributed by atoms with Gasteiger partial charge in [-0.15, -0.1) is 0 Å². The highest BCUT2D eigenvalue weighted by Gasteiger charge is 2.58. The number of aliphatic hydroxyl groups excluding tert-OH is 1. The number of nitrogens with one attached hydrogen (secondary N) is 1. The van der Waals surface area contributed by atoms with Gasteiger partial charge in [0.25, 0.3) is 0 Å². The van der Waals surface area contributed by atoms with Crippen LogP contribution in [0.2, 0.25) is 0 Å². The largest absolute Gasteiger partial charge is 0.393 e. The van der Waals surface area contributed by atoms with Crippen molar-refractivity contribution in [1.82, 2.24) is 5.32 Å². The van der Waals surface area contributed by atoms with Crippen LogP contribution in [0.5, 0.6) is 0 Å². The molecule has 0 aliphatic heterocycles. The first-order chi connectivity index (χ1) is 7.86. The van der Waals surface area contributed by atoms with Crippen LogP contribution < -0.4 is 5.32 Å². The number of hydrogen-bond donors (Lipinski definition) is 2. The topological polar surface area (TPSA) is 32.3 Å². The van der Waals surface area contributed by atoms with E-state index in [4.69, 9.17) is 0 Å². The zero-order valence-corrected chi connectivity index (χ0v) is 11.9. The van der Waals surface area contributed by atoms with E-state index >= 15 is 0 Å². The van der Waals surface area contributed by atoms with Crippen LogP contribution in [0.1, 0.15) is 59.8 Å². The van der Waals surface area contributed by atoms with E-state index in [1.807, 2.05) is 6.92 Å². The molecule has 2 rings (SSSR count). The van der Waals surface area contributed by atoms with Gasteiger partial charge in [0.15, 0.2) is 0 Å². The van der Waals surface area contributed by atoms with Gasteiger partial charge in [-0.25, -0.2) is 0 Å². The molecule has 2 N–H and O–H groups in total.